The number of nitrogens with one attached hydrogen (secondary N) is 1. The Morgan fingerprint density at radius 3 is 2.71 bits per heavy atom. The Hall–Kier alpha value is -1.55. The molecule has 0 spiro atoms. The number of thiazole rings is 1. The molecule has 2 aromatic rings. The van der Waals surface area contributed by atoms with Crippen molar-refractivity contribution in [2.75, 3.05) is 24.3 Å². The third kappa shape index (κ3) is 2.77. The molecule has 1 N–H and O–H groups in total. The van der Waals surface area contributed by atoms with Gasteiger partial charge in [-0.2, -0.15) is 0 Å². The minimum Gasteiger partial charge on any atom is -0.378 e. The Morgan fingerprint density at radius 2 is 2.06 bits per heavy atom. The first-order valence-electron chi connectivity index (χ1n) is 5.57. The van der Waals surface area contributed by atoms with E-state index in [1.807, 2.05) is 12.4 Å². The number of nitrogens with zero attached hydrogens (tertiary/aromatic N) is 2. The van der Waals surface area contributed by atoms with Crippen molar-refractivity contribution >= 4 is 22.7 Å². The van der Waals surface area contributed by atoms with Crippen molar-refractivity contribution in [1.82, 2.24) is 4.98 Å². The van der Waals surface area contributed by atoms with Gasteiger partial charge in [-0.05, 0) is 19.1 Å². The second kappa shape index (κ2) is 5.19. The second-order valence-electron chi connectivity index (χ2n) is 4.13. The molecule has 0 aliphatic rings. The van der Waals surface area contributed by atoms with Gasteiger partial charge >= 0.3 is 0 Å². The van der Waals surface area contributed by atoms with Crippen LogP contribution in [0.4, 0.5) is 11.4 Å². The molecule has 2 rings (SSSR count). The Bertz CT molecular complexity index is 491. The van der Waals surface area contributed by atoms with Crippen LogP contribution >= 0.6 is 11.3 Å². The van der Waals surface area contributed by atoms with Gasteiger partial charge in [-0.15, -0.1) is 11.3 Å². The first-order chi connectivity index (χ1) is 8.18. The van der Waals surface area contributed by atoms with E-state index >= 15 is 0 Å². The van der Waals surface area contributed by atoms with Gasteiger partial charge in [-0.25, -0.2) is 4.98 Å². The first-order valence-corrected chi connectivity index (χ1v) is 6.45. The standard InChI is InChI=1S/C13H17N3S/c1-10-13(17-9-15-10)8-14-11-6-4-5-7-12(11)16(2)3/h4-7,9,14H,8H2,1-3H3. The van der Waals surface area contributed by atoms with E-state index in [9.17, 15) is 0 Å². The molecular formula is C13H17N3S. The fraction of sp³-hybridized carbons (Fsp3) is 0.308. The van der Waals surface area contributed by atoms with Crippen molar-refractivity contribution in [2.24, 2.45) is 0 Å². The Morgan fingerprint density at radius 1 is 1.29 bits per heavy atom. The monoisotopic (exact) mass is 247 g/mol. The smallest absolute Gasteiger partial charge is 0.0798 e. The molecular weight excluding hydrogens is 230 g/mol. The summed E-state index contributed by atoms with van der Waals surface area (Å²) in [6.07, 6.45) is 0. The van der Waals surface area contributed by atoms with Crippen LogP contribution in [0.15, 0.2) is 29.8 Å². The molecule has 1 heterocycles. The van der Waals surface area contributed by atoms with Crippen LogP contribution in [0.25, 0.3) is 0 Å². The predicted octanol–water partition coefficient (Wildman–Crippen LogP) is 3.13. The van der Waals surface area contributed by atoms with E-state index < -0.39 is 0 Å². The summed E-state index contributed by atoms with van der Waals surface area (Å²) in [6, 6.07) is 8.32. The maximum atomic E-state index is 4.25. The summed E-state index contributed by atoms with van der Waals surface area (Å²) in [7, 11) is 4.11. The van der Waals surface area contributed by atoms with Crippen molar-refractivity contribution in [3.8, 4) is 0 Å². The van der Waals surface area contributed by atoms with Gasteiger partial charge in [0.15, 0.2) is 0 Å². The average Bonchev–Trinajstić information content (AvgIpc) is 2.72. The summed E-state index contributed by atoms with van der Waals surface area (Å²) in [5.74, 6) is 0. The zero-order valence-electron chi connectivity index (χ0n) is 10.4. The van der Waals surface area contributed by atoms with E-state index in [1.165, 1.54) is 10.6 Å². The number of benzene rings is 1. The lowest BCUT2D eigenvalue weighted by atomic mass is 10.2. The highest BCUT2D eigenvalue weighted by Crippen LogP contribution is 2.24. The van der Waals surface area contributed by atoms with E-state index in [2.05, 4.69) is 53.6 Å². The quantitative estimate of drug-likeness (QED) is 0.899. The summed E-state index contributed by atoms with van der Waals surface area (Å²) in [6.45, 7) is 2.88. The van der Waals surface area contributed by atoms with Crippen molar-refractivity contribution in [2.45, 2.75) is 13.5 Å². The molecule has 0 amide bonds. The summed E-state index contributed by atoms with van der Waals surface area (Å²) in [4.78, 5) is 7.66. The molecule has 0 saturated carbocycles. The van der Waals surface area contributed by atoms with Gasteiger partial charge in [0.2, 0.25) is 0 Å². The molecule has 17 heavy (non-hydrogen) atoms. The maximum Gasteiger partial charge on any atom is 0.0798 e. The highest BCUT2D eigenvalue weighted by molar-refractivity contribution is 7.09. The number of hydrogen-bond acceptors (Lipinski definition) is 4. The van der Waals surface area contributed by atoms with Crippen molar-refractivity contribution in [3.05, 3.63) is 40.3 Å². The summed E-state index contributed by atoms with van der Waals surface area (Å²) in [5, 5.41) is 3.47. The van der Waals surface area contributed by atoms with Crippen LogP contribution in [0, 0.1) is 6.92 Å². The van der Waals surface area contributed by atoms with Gasteiger partial charge in [-0.1, -0.05) is 12.1 Å². The van der Waals surface area contributed by atoms with Crippen LogP contribution in [-0.4, -0.2) is 19.1 Å². The van der Waals surface area contributed by atoms with Gasteiger partial charge in [-0.3, -0.25) is 0 Å². The fourth-order valence-corrected chi connectivity index (χ4v) is 2.40. The minimum atomic E-state index is 0.835. The zero-order valence-corrected chi connectivity index (χ0v) is 11.2. The van der Waals surface area contributed by atoms with E-state index in [0.29, 0.717) is 0 Å². The van der Waals surface area contributed by atoms with Crippen molar-refractivity contribution in [3.63, 3.8) is 0 Å². The number of para-hydroxylation sites is 2. The molecule has 0 unspecified atom stereocenters. The average molecular weight is 247 g/mol. The number of hydrogen-bond donors (Lipinski definition) is 1. The fourth-order valence-electron chi connectivity index (χ4n) is 1.68. The lowest BCUT2D eigenvalue weighted by Crippen LogP contribution is -2.12. The Balaban J connectivity index is 2.11. The normalized spacial score (nSPS) is 10.3. The number of rotatable bonds is 4. The SMILES string of the molecule is Cc1ncsc1CNc1ccccc1N(C)C. The molecule has 4 heteroatoms. The third-order valence-corrected chi connectivity index (χ3v) is 3.61. The predicted molar refractivity (Wildman–Crippen MR) is 74.9 cm³/mol. The van der Waals surface area contributed by atoms with E-state index in [1.54, 1.807) is 11.3 Å². The van der Waals surface area contributed by atoms with Crippen LogP contribution < -0.4 is 10.2 Å². The number of aryl methyl sites for hydroxylation is 1. The summed E-state index contributed by atoms with van der Waals surface area (Å²) in [5.41, 5.74) is 5.37. The third-order valence-electron chi connectivity index (χ3n) is 2.67. The molecule has 0 aliphatic carbocycles. The maximum absolute atomic E-state index is 4.25. The highest BCUT2D eigenvalue weighted by atomic mass is 32.1. The largest absolute Gasteiger partial charge is 0.378 e. The minimum absolute atomic E-state index is 0.835. The lowest BCUT2D eigenvalue weighted by Gasteiger charge is -2.18. The second-order valence-corrected chi connectivity index (χ2v) is 5.07. The van der Waals surface area contributed by atoms with Gasteiger partial charge < -0.3 is 10.2 Å². The number of aromatic nitrogens is 1. The van der Waals surface area contributed by atoms with E-state index in [4.69, 9.17) is 0 Å². The summed E-state index contributed by atoms with van der Waals surface area (Å²) < 4.78 is 0. The van der Waals surface area contributed by atoms with Crippen LogP contribution in [-0.2, 0) is 6.54 Å². The van der Waals surface area contributed by atoms with Crippen LogP contribution in [0.2, 0.25) is 0 Å². The van der Waals surface area contributed by atoms with Gasteiger partial charge in [0, 0.05) is 19.0 Å². The molecule has 3 nitrogen and oxygen atoms in total. The lowest BCUT2D eigenvalue weighted by molar-refractivity contribution is 1.09. The van der Waals surface area contributed by atoms with Crippen LogP contribution in [0.3, 0.4) is 0 Å². The zero-order chi connectivity index (χ0) is 12.3. The van der Waals surface area contributed by atoms with Gasteiger partial charge in [0.25, 0.3) is 0 Å². The topological polar surface area (TPSA) is 28.2 Å². The van der Waals surface area contributed by atoms with Gasteiger partial charge in [0.05, 0.1) is 29.1 Å². The molecule has 0 aliphatic heterocycles. The molecule has 0 fully saturated rings. The van der Waals surface area contributed by atoms with Gasteiger partial charge in [0.1, 0.15) is 0 Å². The molecule has 0 saturated heterocycles. The van der Waals surface area contributed by atoms with Crippen molar-refractivity contribution < 1.29 is 0 Å². The Labute approximate surface area is 106 Å². The van der Waals surface area contributed by atoms with Crippen LogP contribution in [0.1, 0.15) is 10.6 Å². The van der Waals surface area contributed by atoms with E-state index in [0.717, 1.165) is 17.9 Å². The van der Waals surface area contributed by atoms with Crippen LogP contribution in [0.5, 0.6) is 0 Å². The Kier molecular flexibility index (Phi) is 3.64. The summed E-state index contributed by atoms with van der Waals surface area (Å²) >= 11 is 1.70. The molecule has 0 atom stereocenters. The molecule has 0 bridgehead atoms. The van der Waals surface area contributed by atoms with E-state index in [-0.39, 0.29) is 0 Å². The highest BCUT2D eigenvalue weighted by Gasteiger charge is 2.05. The van der Waals surface area contributed by atoms with Crippen molar-refractivity contribution in [1.29, 1.82) is 0 Å². The molecule has 0 radical (unpaired) electrons. The number of anilines is 2. The molecule has 1 aromatic carbocycles. The molecule has 90 valence electrons. The molecule has 1 aromatic heterocycles. The first kappa shape index (κ1) is 11.9.